The molecule has 0 rings (SSSR count). The van der Waals surface area contributed by atoms with Gasteiger partial charge in [-0.3, -0.25) is 0 Å². The maximum atomic E-state index is 0. The van der Waals surface area contributed by atoms with E-state index >= 15 is 0 Å². The first kappa shape index (κ1) is 93.8. The van der Waals surface area contributed by atoms with Gasteiger partial charge in [-0.2, -0.15) is 0 Å². The first-order chi connectivity index (χ1) is 0. The van der Waals surface area contributed by atoms with Gasteiger partial charge in [0.25, 0.3) is 0 Å². The van der Waals surface area contributed by atoms with E-state index in [4.69, 9.17) is 0 Å². The molecule has 0 spiro atoms. The summed E-state index contributed by atoms with van der Waals surface area (Å²) in [5.41, 5.74) is 0. The molecule has 40 valence electrons. The number of rotatable bonds is 0. The molecular formula is H4Mg2O3Ti2Y2. The van der Waals surface area contributed by atoms with E-state index < -0.39 is 0 Å². The predicted octanol–water partition coefficient (Wildman–Crippen LogP) is -2.20. The maximum absolute atomic E-state index is 0. The maximum Gasteiger partial charge on any atom is 3.00 e. The van der Waals surface area contributed by atoms with Crippen molar-refractivity contribution in [2.24, 2.45) is 0 Å². The summed E-state index contributed by atoms with van der Waals surface area (Å²) in [5.74, 6) is 0. The Morgan fingerprint density at radius 1 is 0.444 bits per heavy atom. The Bertz CT molecular complexity index is 17.8. The first-order valence-electron chi connectivity index (χ1n) is 0. The molecule has 0 bridgehead atoms. The van der Waals surface area contributed by atoms with Crippen LogP contribution in [-0.2, 0) is 125 Å². The average molecular weight is 374 g/mol. The van der Waals surface area contributed by atoms with Gasteiger partial charge in [0, 0.05) is 43.4 Å². The third-order valence-electron chi connectivity index (χ3n) is 0. The van der Waals surface area contributed by atoms with Crippen LogP contribution in [0.3, 0.4) is 0 Å². The van der Waals surface area contributed by atoms with Gasteiger partial charge in [-0.05, 0) is 0 Å². The van der Waals surface area contributed by atoms with Crippen LogP contribution in [0.2, 0.25) is 0 Å². The molecule has 9 heteroatoms. The van der Waals surface area contributed by atoms with Crippen molar-refractivity contribution < 1.29 is 125 Å². The summed E-state index contributed by atoms with van der Waals surface area (Å²) in [7, 11) is 0. The van der Waals surface area contributed by atoms with E-state index in [1.54, 1.807) is 0 Å². The summed E-state index contributed by atoms with van der Waals surface area (Å²) in [6.45, 7) is 0. The van der Waals surface area contributed by atoms with Crippen LogP contribution < -0.4 is 0 Å². The van der Waals surface area contributed by atoms with Crippen molar-refractivity contribution in [3.05, 3.63) is 0 Å². The van der Waals surface area contributed by atoms with Crippen LogP contribution in [0, 0.1) is 0 Å². The quantitative estimate of drug-likeness (QED) is 0.431. The molecular weight excluding hydrogens is 370 g/mol. The van der Waals surface area contributed by atoms with Crippen molar-refractivity contribution in [2.45, 2.75) is 0 Å². The van der Waals surface area contributed by atoms with Crippen molar-refractivity contribution in [2.75, 3.05) is 0 Å². The minimum absolute atomic E-state index is 0. The standard InChI is InChI=1S/2Mg.3O.2Ti.2Y.4H/q;;3*-2;;;2*+3;;;;. The van der Waals surface area contributed by atoms with E-state index in [-0.39, 0.29) is 171 Å². The second kappa shape index (κ2) is 74.3. The molecule has 0 radical (unpaired) electrons. The van der Waals surface area contributed by atoms with Crippen molar-refractivity contribution in [1.29, 1.82) is 0 Å². The van der Waals surface area contributed by atoms with E-state index in [2.05, 4.69) is 0 Å². The van der Waals surface area contributed by atoms with Crippen molar-refractivity contribution in [1.82, 2.24) is 0 Å². The van der Waals surface area contributed by atoms with Crippen LogP contribution in [-0.4, -0.2) is 46.1 Å². The molecule has 0 aromatic heterocycles. The molecule has 3 nitrogen and oxygen atoms in total. The molecule has 0 saturated heterocycles. The second-order valence-electron chi connectivity index (χ2n) is 0. The molecule has 0 aliphatic rings. The van der Waals surface area contributed by atoms with Crippen LogP contribution in [0.15, 0.2) is 0 Å². The van der Waals surface area contributed by atoms with Crippen LogP contribution >= 0.6 is 0 Å². The SMILES string of the molecule is [MgH2].[MgH2].[O-2].[O-2].[O-2].[Ti].[Ti].[Y+3].[Y+3]. The van der Waals surface area contributed by atoms with E-state index in [0.717, 1.165) is 0 Å². The smallest absolute Gasteiger partial charge is 2.00 e. The van der Waals surface area contributed by atoms with Gasteiger partial charge < -0.3 is 16.4 Å². The fraction of sp³-hybridized carbons (Fsp3) is 0. The van der Waals surface area contributed by atoms with E-state index in [1.807, 2.05) is 0 Å². The zero-order valence-electron chi connectivity index (χ0n) is 3.38. The van der Waals surface area contributed by atoms with Gasteiger partial charge >= 0.3 is 112 Å². The Kier molecular flexibility index (Phi) is 775. The molecule has 0 fully saturated rings. The van der Waals surface area contributed by atoms with Crippen LogP contribution in [0.4, 0.5) is 0 Å². The number of hydrogen-bond acceptors (Lipinski definition) is 0. The summed E-state index contributed by atoms with van der Waals surface area (Å²) in [5, 5.41) is 0. The topological polar surface area (TPSA) is 85.5 Å². The molecule has 0 aromatic carbocycles. The van der Waals surface area contributed by atoms with Gasteiger partial charge in [0.1, 0.15) is 0 Å². The third-order valence-corrected chi connectivity index (χ3v) is 0. The van der Waals surface area contributed by atoms with Gasteiger partial charge in [-0.15, -0.1) is 0 Å². The average Bonchev–Trinajstić information content (AvgIpc) is 0. The van der Waals surface area contributed by atoms with Crippen molar-refractivity contribution in [3.63, 3.8) is 0 Å². The fourth-order valence-electron chi connectivity index (χ4n) is 0. The Balaban J connectivity index is 0. The molecule has 0 unspecified atom stereocenters. The summed E-state index contributed by atoms with van der Waals surface area (Å²) >= 11 is 0. The Labute approximate surface area is 167 Å². The molecule has 0 amide bonds. The van der Waals surface area contributed by atoms with Gasteiger partial charge in [0.05, 0.1) is 0 Å². The zero-order chi connectivity index (χ0) is 0. The predicted molar refractivity (Wildman–Crippen MR) is 19.1 cm³/mol. The van der Waals surface area contributed by atoms with Crippen molar-refractivity contribution in [3.8, 4) is 0 Å². The molecule has 0 saturated carbocycles. The third kappa shape index (κ3) is 62.5. The van der Waals surface area contributed by atoms with E-state index in [0.29, 0.717) is 0 Å². The van der Waals surface area contributed by atoms with Crippen LogP contribution in [0.5, 0.6) is 0 Å². The molecule has 0 aliphatic heterocycles. The molecule has 0 aromatic rings. The van der Waals surface area contributed by atoms with Gasteiger partial charge in [-0.25, -0.2) is 0 Å². The molecule has 9 heavy (non-hydrogen) atoms. The van der Waals surface area contributed by atoms with Crippen LogP contribution in [0.1, 0.15) is 0 Å². The molecule has 0 atom stereocenters. The first-order valence-corrected chi connectivity index (χ1v) is 0. The molecule has 0 aliphatic carbocycles. The Hall–Kier alpha value is 5.05. The monoisotopic (exact) mass is 374 g/mol. The molecule has 0 heterocycles. The summed E-state index contributed by atoms with van der Waals surface area (Å²) in [4.78, 5) is 0. The van der Waals surface area contributed by atoms with Crippen molar-refractivity contribution >= 4 is 46.1 Å². The largest absolute Gasteiger partial charge is 3.00 e. The van der Waals surface area contributed by atoms with Crippen LogP contribution in [0.25, 0.3) is 0 Å². The van der Waals surface area contributed by atoms with E-state index in [9.17, 15) is 0 Å². The minimum atomic E-state index is 0. The zero-order valence-corrected chi connectivity index (χ0v) is 12.2. The van der Waals surface area contributed by atoms with Gasteiger partial charge in [0.15, 0.2) is 0 Å². The fourth-order valence-corrected chi connectivity index (χ4v) is 0. The Morgan fingerprint density at radius 2 is 0.444 bits per heavy atom. The molecule has 0 N–H and O–H groups in total. The second-order valence-corrected chi connectivity index (χ2v) is 0. The van der Waals surface area contributed by atoms with E-state index in [1.165, 1.54) is 0 Å². The number of hydrogen-bond donors (Lipinski definition) is 0. The normalized spacial score (nSPS) is 0. The summed E-state index contributed by atoms with van der Waals surface area (Å²) < 4.78 is 0. The summed E-state index contributed by atoms with van der Waals surface area (Å²) in [6, 6.07) is 0. The Morgan fingerprint density at radius 3 is 0.444 bits per heavy atom. The van der Waals surface area contributed by atoms with Gasteiger partial charge in [-0.1, -0.05) is 0 Å². The minimum Gasteiger partial charge on any atom is -2.00 e. The summed E-state index contributed by atoms with van der Waals surface area (Å²) in [6.07, 6.45) is 0. The van der Waals surface area contributed by atoms with Gasteiger partial charge in [0.2, 0.25) is 0 Å².